The fraction of sp³-hybridized carbons (Fsp3) is 0.667. The van der Waals surface area contributed by atoms with Gasteiger partial charge in [0.25, 0.3) is 0 Å². The first-order chi connectivity index (χ1) is 11.3. The molecule has 2 aliphatic heterocycles. The van der Waals surface area contributed by atoms with Crippen LogP contribution in [-0.2, 0) is 11.2 Å². The highest BCUT2D eigenvalue weighted by Crippen LogP contribution is 2.55. The number of amides is 2. The van der Waals surface area contributed by atoms with Crippen molar-refractivity contribution in [1.82, 2.24) is 15.2 Å². The molecule has 3 fully saturated rings. The molecule has 0 bridgehead atoms. The van der Waals surface area contributed by atoms with E-state index < -0.39 is 0 Å². The van der Waals surface area contributed by atoms with Crippen LogP contribution >= 0.6 is 0 Å². The molecule has 0 radical (unpaired) electrons. The molecule has 5 nitrogen and oxygen atoms in total. The Balaban J connectivity index is 1.32. The molecule has 0 unspecified atom stereocenters. The van der Waals surface area contributed by atoms with Crippen molar-refractivity contribution in [2.24, 2.45) is 5.41 Å². The Bertz CT molecular complexity index is 553. The lowest BCUT2D eigenvalue weighted by Crippen LogP contribution is -2.73. The molecule has 3 heterocycles. The van der Waals surface area contributed by atoms with Gasteiger partial charge in [-0.15, -0.1) is 0 Å². The van der Waals surface area contributed by atoms with Crippen molar-refractivity contribution in [3.05, 3.63) is 30.1 Å². The van der Waals surface area contributed by atoms with Crippen molar-refractivity contribution in [3.63, 3.8) is 0 Å². The summed E-state index contributed by atoms with van der Waals surface area (Å²) in [6.45, 7) is 2.44. The molecule has 3 aliphatic rings. The van der Waals surface area contributed by atoms with Gasteiger partial charge in [-0.1, -0.05) is 6.42 Å². The second kappa shape index (κ2) is 6.11. The van der Waals surface area contributed by atoms with Crippen LogP contribution in [0.3, 0.4) is 0 Å². The highest BCUT2D eigenvalue weighted by atomic mass is 16.5. The van der Waals surface area contributed by atoms with E-state index in [-0.39, 0.29) is 12.1 Å². The average molecular weight is 315 g/mol. The minimum Gasteiger partial charge on any atom is -0.376 e. The molecule has 5 heteroatoms. The summed E-state index contributed by atoms with van der Waals surface area (Å²) in [7, 11) is 0. The summed E-state index contributed by atoms with van der Waals surface area (Å²) >= 11 is 0. The first kappa shape index (κ1) is 14.9. The number of nitrogens with zero attached hydrogens (tertiary/aromatic N) is 2. The van der Waals surface area contributed by atoms with E-state index in [2.05, 4.69) is 10.3 Å². The van der Waals surface area contributed by atoms with Gasteiger partial charge in [-0.25, -0.2) is 4.79 Å². The third-order valence-electron chi connectivity index (χ3n) is 5.81. The maximum absolute atomic E-state index is 12.6. The van der Waals surface area contributed by atoms with Crippen molar-refractivity contribution in [2.75, 3.05) is 19.7 Å². The molecule has 1 N–H and O–H groups in total. The number of ether oxygens (including phenoxy) is 1. The Morgan fingerprint density at radius 2 is 2.17 bits per heavy atom. The zero-order valence-corrected chi connectivity index (χ0v) is 13.5. The number of likely N-dealkylation sites (tertiary alicyclic amines) is 1. The number of rotatable bonds is 4. The number of carbonyl (C=O) groups is 1. The predicted octanol–water partition coefficient (Wildman–Crippen LogP) is 2.37. The molecule has 1 spiro atoms. The number of hydrogen-bond acceptors (Lipinski definition) is 3. The van der Waals surface area contributed by atoms with E-state index in [0.29, 0.717) is 18.0 Å². The van der Waals surface area contributed by atoms with E-state index in [0.717, 1.165) is 32.4 Å². The van der Waals surface area contributed by atoms with Crippen LogP contribution in [0.1, 0.15) is 37.7 Å². The fourth-order valence-electron chi connectivity index (χ4n) is 4.44. The minimum absolute atomic E-state index is 0.0806. The van der Waals surface area contributed by atoms with E-state index >= 15 is 0 Å². The Kier molecular flexibility index (Phi) is 3.97. The summed E-state index contributed by atoms with van der Waals surface area (Å²) in [5.74, 6) is 0. The van der Waals surface area contributed by atoms with Gasteiger partial charge in [-0.2, -0.15) is 0 Å². The number of nitrogens with one attached hydrogen (secondary N) is 1. The summed E-state index contributed by atoms with van der Waals surface area (Å²) in [5, 5.41) is 3.08. The largest absolute Gasteiger partial charge is 0.376 e. The number of urea groups is 1. The Hall–Kier alpha value is -1.62. The van der Waals surface area contributed by atoms with E-state index in [1.54, 1.807) is 12.4 Å². The third kappa shape index (κ3) is 2.71. The lowest BCUT2D eigenvalue weighted by atomic mass is 9.56. The van der Waals surface area contributed by atoms with Crippen LogP contribution < -0.4 is 5.32 Å². The van der Waals surface area contributed by atoms with E-state index in [4.69, 9.17) is 4.74 Å². The van der Waals surface area contributed by atoms with Crippen LogP contribution in [0.15, 0.2) is 24.5 Å². The SMILES string of the molecule is O=C(NCCc1ccncc1)N1CC2(CCC2)[C@@H]1[C@H]1CCCO1. The summed E-state index contributed by atoms with van der Waals surface area (Å²) in [6.07, 6.45) is 10.8. The summed E-state index contributed by atoms with van der Waals surface area (Å²) in [5.41, 5.74) is 1.58. The molecule has 4 rings (SSSR count). The number of pyridine rings is 1. The lowest BCUT2D eigenvalue weighted by molar-refractivity contribution is -0.147. The molecular weight excluding hydrogens is 290 g/mol. The molecule has 2 saturated heterocycles. The van der Waals surface area contributed by atoms with Crippen LogP contribution in [0.2, 0.25) is 0 Å². The van der Waals surface area contributed by atoms with Crippen LogP contribution in [0.4, 0.5) is 4.79 Å². The maximum atomic E-state index is 12.6. The van der Waals surface area contributed by atoms with Gasteiger partial charge in [0, 0.05) is 37.5 Å². The summed E-state index contributed by atoms with van der Waals surface area (Å²) in [6, 6.07) is 4.37. The van der Waals surface area contributed by atoms with Gasteiger partial charge in [0.15, 0.2) is 0 Å². The molecule has 1 aromatic heterocycles. The van der Waals surface area contributed by atoms with Crippen LogP contribution in [0.25, 0.3) is 0 Å². The fourth-order valence-corrected chi connectivity index (χ4v) is 4.44. The molecule has 1 saturated carbocycles. The second-order valence-electron chi connectivity index (χ2n) is 7.18. The molecule has 1 aliphatic carbocycles. The van der Waals surface area contributed by atoms with E-state index in [9.17, 15) is 4.79 Å². The molecular formula is C18H25N3O2. The first-order valence-electron chi connectivity index (χ1n) is 8.83. The van der Waals surface area contributed by atoms with E-state index in [1.165, 1.54) is 24.8 Å². The topological polar surface area (TPSA) is 54.5 Å². The van der Waals surface area contributed by atoms with Gasteiger partial charge in [0.05, 0.1) is 12.1 Å². The number of hydrogen-bond donors (Lipinski definition) is 1. The van der Waals surface area contributed by atoms with Crippen LogP contribution in [0, 0.1) is 5.41 Å². The second-order valence-corrected chi connectivity index (χ2v) is 7.18. The number of aromatic nitrogens is 1. The van der Waals surface area contributed by atoms with Gasteiger partial charge in [-0.3, -0.25) is 4.98 Å². The zero-order chi connectivity index (χ0) is 15.7. The Labute approximate surface area is 137 Å². The summed E-state index contributed by atoms with van der Waals surface area (Å²) in [4.78, 5) is 18.6. The zero-order valence-electron chi connectivity index (χ0n) is 13.5. The van der Waals surface area contributed by atoms with Gasteiger partial charge in [-0.05, 0) is 49.8 Å². The smallest absolute Gasteiger partial charge is 0.317 e. The van der Waals surface area contributed by atoms with Gasteiger partial charge >= 0.3 is 6.03 Å². The highest BCUT2D eigenvalue weighted by Gasteiger charge is 2.60. The molecule has 2 atom stereocenters. The monoisotopic (exact) mass is 315 g/mol. The van der Waals surface area contributed by atoms with Crippen molar-refractivity contribution in [1.29, 1.82) is 0 Å². The Morgan fingerprint density at radius 1 is 1.35 bits per heavy atom. The summed E-state index contributed by atoms with van der Waals surface area (Å²) < 4.78 is 5.91. The van der Waals surface area contributed by atoms with Crippen LogP contribution in [-0.4, -0.2) is 47.8 Å². The first-order valence-corrected chi connectivity index (χ1v) is 8.83. The molecule has 23 heavy (non-hydrogen) atoms. The van der Waals surface area contributed by atoms with Crippen molar-refractivity contribution in [2.45, 2.75) is 50.7 Å². The van der Waals surface area contributed by atoms with Gasteiger partial charge in [0.1, 0.15) is 0 Å². The Morgan fingerprint density at radius 3 is 2.83 bits per heavy atom. The molecule has 124 valence electrons. The van der Waals surface area contributed by atoms with Crippen molar-refractivity contribution < 1.29 is 9.53 Å². The normalized spacial score (nSPS) is 28.3. The average Bonchev–Trinajstić information content (AvgIpc) is 2.99. The predicted molar refractivity (Wildman–Crippen MR) is 87.1 cm³/mol. The highest BCUT2D eigenvalue weighted by molar-refractivity contribution is 5.76. The van der Waals surface area contributed by atoms with Gasteiger partial charge in [0.2, 0.25) is 0 Å². The molecule has 0 aromatic carbocycles. The van der Waals surface area contributed by atoms with E-state index in [1.807, 2.05) is 17.0 Å². The van der Waals surface area contributed by atoms with Crippen molar-refractivity contribution in [3.8, 4) is 0 Å². The molecule has 1 aromatic rings. The van der Waals surface area contributed by atoms with Crippen molar-refractivity contribution >= 4 is 6.03 Å². The standard InChI is InChI=1S/C18H25N3O2/c22-17(20-11-6-14-4-9-19-10-5-14)21-13-18(7-2-8-18)16(21)15-3-1-12-23-15/h4-5,9-10,15-16H,1-3,6-8,11-13H2,(H,20,22)/t15-,16+/m1/s1. The van der Waals surface area contributed by atoms with Gasteiger partial charge < -0.3 is 15.0 Å². The quantitative estimate of drug-likeness (QED) is 0.928. The lowest BCUT2D eigenvalue weighted by Gasteiger charge is -2.63. The van der Waals surface area contributed by atoms with Crippen LogP contribution in [0.5, 0.6) is 0 Å². The third-order valence-corrected chi connectivity index (χ3v) is 5.81. The minimum atomic E-state index is 0.0806. The molecule has 2 amide bonds. The maximum Gasteiger partial charge on any atom is 0.317 e. The number of carbonyl (C=O) groups excluding carboxylic acids is 1.